The first-order chi connectivity index (χ1) is 4.97. The van der Waals surface area contributed by atoms with Gasteiger partial charge in [-0.1, -0.05) is 32.1 Å². The molecular formula is C9H16S. The molecule has 1 aliphatic heterocycles. The summed E-state index contributed by atoms with van der Waals surface area (Å²) >= 11 is 2.24. The Labute approximate surface area is 67.8 Å². The minimum atomic E-state index is 1.10. The van der Waals surface area contributed by atoms with Gasteiger partial charge in [0.25, 0.3) is 0 Å². The molecule has 0 amide bonds. The van der Waals surface area contributed by atoms with Gasteiger partial charge in [0, 0.05) is 10.5 Å². The van der Waals surface area contributed by atoms with Crippen LogP contribution in [0.15, 0.2) is 0 Å². The summed E-state index contributed by atoms with van der Waals surface area (Å²) in [4.78, 5) is 0. The molecular weight excluding hydrogens is 140 g/mol. The maximum absolute atomic E-state index is 2.24. The van der Waals surface area contributed by atoms with Crippen LogP contribution in [0.5, 0.6) is 0 Å². The third-order valence-corrected chi connectivity index (χ3v) is 4.18. The van der Waals surface area contributed by atoms with Gasteiger partial charge in [0.15, 0.2) is 0 Å². The summed E-state index contributed by atoms with van der Waals surface area (Å²) in [5, 5.41) is 2.19. The first kappa shape index (κ1) is 7.02. The van der Waals surface area contributed by atoms with E-state index >= 15 is 0 Å². The molecule has 0 aromatic carbocycles. The normalized spacial score (nSPS) is 40.8. The second kappa shape index (κ2) is 3.17. The molecule has 10 heavy (non-hydrogen) atoms. The summed E-state index contributed by atoms with van der Waals surface area (Å²) in [6.07, 6.45) is 10.6. The van der Waals surface area contributed by atoms with Crippen LogP contribution in [0.2, 0.25) is 0 Å². The van der Waals surface area contributed by atoms with Crippen molar-refractivity contribution in [3.05, 3.63) is 0 Å². The predicted molar refractivity (Wildman–Crippen MR) is 47.5 cm³/mol. The van der Waals surface area contributed by atoms with Crippen LogP contribution >= 0.6 is 11.8 Å². The summed E-state index contributed by atoms with van der Waals surface area (Å²) in [6, 6.07) is 0. The second-order valence-electron chi connectivity index (χ2n) is 3.56. The van der Waals surface area contributed by atoms with Crippen molar-refractivity contribution >= 4 is 11.8 Å². The van der Waals surface area contributed by atoms with Gasteiger partial charge < -0.3 is 0 Å². The molecule has 1 heteroatoms. The van der Waals surface area contributed by atoms with Crippen molar-refractivity contribution in [3.63, 3.8) is 0 Å². The average Bonchev–Trinajstić information content (AvgIpc) is 2.66. The smallest absolute Gasteiger partial charge is 0.0169 e. The predicted octanol–water partition coefficient (Wildman–Crippen LogP) is 3.21. The van der Waals surface area contributed by atoms with Crippen LogP contribution in [0.3, 0.4) is 0 Å². The van der Waals surface area contributed by atoms with Crippen LogP contribution in [0.1, 0.15) is 44.9 Å². The largest absolute Gasteiger partial charge is 0.153 e. The van der Waals surface area contributed by atoms with Crippen molar-refractivity contribution in [1.82, 2.24) is 0 Å². The third kappa shape index (κ3) is 1.69. The van der Waals surface area contributed by atoms with E-state index in [-0.39, 0.29) is 0 Å². The first-order valence-electron chi connectivity index (χ1n) is 4.62. The Morgan fingerprint density at radius 1 is 0.700 bits per heavy atom. The van der Waals surface area contributed by atoms with Crippen LogP contribution in [-0.2, 0) is 0 Å². The Morgan fingerprint density at radius 3 is 1.80 bits per heavy atom. The summed E-state index contributed by atoms with van der Waals surface area (Å²) in [6.45, 7) is 0. The van der Waals surface area contributed by atoms with E-state index in [0.717, 1.165) is 10.5 Å². The molecule has 0 aromatic heterocycles. The molecule has 2 atom stereocenters. The lowest BCUT2D eigenvalue weighted by atomic mass is 10.1. The van der Waals surface area contributed by atoms with Gasteiger partial charge in [0.2, 0.25) is 0 Å². The van der Waals surface area contributed by atoms with E-state index in [0.29, 0.717) is 0 Å². The van der Waals surface area contributed by atoms with Gasteiger partial charge in [-0.05, 0) is 12.8 Å². The maximum Gasteiger partial charge on any atom is 0.0169 e. The van der Waals surface area contributed by atoms with E-state index < -0.39 is 0 Å². The molecule has 1 saturated heterocycles. The van der Waals surface area contributed by atoms with Gasteiger partial charge in [-0.15, -0.1) is 0 Å². The Bertz CT molecular complexity index is 99.3. The molecule has 0 aromatic rings. The highest BCUT2D eigenvalue weighted by Crippen LogP contribution is 2.48. The molecule has 2 fully saturated rings. The van der Waals surface area contributed by atoms with Crippen LogP contribution in [0.25, 0.3) is 0 Å². The van der Waals surface area contributed by atoms with Crippen molar-refractivity contribution in [2.75, 3.05) is 0 Å². The van der Waals surface area contributed by atoms with Crippen LogP contribution < -0.4 is 0 Å². The standard InChI is InChI=1S/C9H16S/c1-2-4-6-8-9(10-8)7-5-3-1/h8-9H,1-7H2/t8-,9+. The maximum atomic E-state index is 2.24. The molecule has 0 bridgehead atoms. The molecule has 0 radical (unpaired) electrons. The fourth-order valence-electron chi connectivity index (χ4n) is 1.91. The Kier molecular flexibility index (Phi) is 2.22. The fourth-order valence-corrected chi connectivity index (χ4v) is 3.14. The lowest BCUT2D eigenvalue weighted by Crippen LogP contribution is -1.91. The van der Waals surface area contributed by atoms with Crippen molar-refractivity contribution in [2.24, 2.45) is 0 Å². The molecule has 2 aliphatic rings. The lowest BCUT2D eigenvalue weighted by Gasteiger charge is -1.95. The Balaban J connectivity index is 1.77. The van der Waals surface area contributed by atoms with Gasteiger partial charge in [-0.3, -0.25) is 0 Å². The van der Waals surface area contributed by atoms with Crippen molar-refractivity contribution in [3.8, 4) is 0 Å². The number of rotatable bonds is 0. The van der Waals surface area contributed by atoms with Crippen molar-refractivity contribution in [2.45, 2.75) is 55.4 Å². The highest BCUT2D eigenvalue weighted by Gasteiger charge is 2.36. The highest BCUT2D eigenvalue weighted by molar-refractivity contribution is 8.07. The van der Waals surface area contributed by atoms with Gasteiger partial charge in [0.1, 0.15) is 0 Å². The zero-order valence-electron chi connectivity index (χ0n) is 6.51. The number of thioether (sulfide) groups is 1. The van der Waals surface area contributed by atoms with E-state index in [2.05, 4.69) is 11.8 Å². The van der Waals surface area contributed by atoms with Crippen LogP contribution in [-0.4, -0.2) is 10.5 Å². The molecule has 0 N–H and O–H groups in total. The van der Waals surface area contributed by atoms with E-state index in [1.807, 2.05) is 0 Å². The minimum absolute atomic E-state index is 1.10. The van der Waals surface area contributed by atoms with Gasteiger partial charge in [0.05, 0.1) is 0 Å². The van der Waals surface area contributed by atoms with Crippen molar-refractivity contribution in [1.29, 1.82) is 0 Å². The van der Waals surface area contributed by atoms with E-state index in [9.17, 15) is 0 Å². The molecule has 0 unspecified atom stereocenters. The molecule has 0 spiro atoms. The lowest BCUT2D eigenvalue weighted by molar-refractivity contribution is 0.624. The number of hydrogen-bond acceptors (Lipinski definition) is 1. The first-order valence-corrected chi connectivity index (χ1v) is 5.56. The summed E-state index contributed by atoms with van der Waals surface area (Å²) < 4.78 is 0. The Morgan fingerprint density at radius 2 is 1.20 bits per heavy atom. The molecule has 0 nitrogen and oxygen atoms in total. The monoisotopic (exact) mass is 156 g/mol. The zero-order valence-corrected chi connectivity index (χ0v) is 7.33. The Hall–Kier alpha value is 0.350. The second-order valence-corrected chi connectivity index (χ2v) is 5.04. The summed E-state index contributed by atoms with van der Waals surface area (Å²) in [7, 11) is 0. The van der Waals surface area contributed by atoms with Crippen molar-refractivity contribution < 1.29 is 0 Å². The number of hydrogen-bond donors (Lipinski definition) is 0. The van der Waals surface area contributed by atoms with E-state index in [4.69, 9.17) is 0 Å². The molecule has 1 saturated carbocycles. The topological polar surface area (TPSA) is 0 Å². The molecule has 1 aliphatic carbocycles. The fraction of sp³-hybridized carbons (Fsp3) is 1.00. The minimum Gasteiger partial charge on any atom is -0.153 e. The van der Waals surface area contributed by atoms with E-state index in [1.165, 1.54) is 44.9 Å². The van der Waals surface area contributed by atoms with Gasteiger partial charge in [-0.2, -0.15) is 11.8 Å². The van der Waals surface area contributed by atoms with Gasteiger partial charge >= 0.3 is 0 Å². The molecule has 1 heterocycles. The average molecular weight is 156 g/mol. The third-order valence-electron chi connectivity index (χ3n) is 2.66. The zero-order chi connectivity index (χ0) is 6.81. The van der Waals surface area contributed by atoms with Crippen LogP contribution in [0.4, 0.5) is 0 Å². The van der Waals surface area contributed by atoms with E-state index in [1.54, 1.807) is 0 Å². The number of fused-ring (bicyclic) bond motifs is 1. The quantitative estimate of drug-likeness (QED) is 0.485. The molecule has 58 valence electrons. The summed E-state index contributed by atoms with van der Waals surface area (Å²) in [5.74, 6) is 0. The highest BCUT2D eigenvalue weighted by atomic mass is 32.2. The van der Waals surface area contributed by atoms with Crippen LogP contribution in [0, 0.1) is 0 Å². The molecule has 2 rings (SSSR count). The summed E-state index contributed by atoms with van der Waals surface area (Å²) in [5.41, 5.74) is 0. The van der Waals surface area contributed by atoms with Gasteiger partial charge in [-0.25, -0.2) is 0 Å². The SMILES string of the molecule is C1CCC[C@@H]2S[C@@H]2CCC1.